The molecule has 0 aliphatic carbocycles. The molecule has 0 radical (unpaired) electrons. The number of hydrogen-bond donors (Lipinski definition) is 0. The molecule has 0 aromatic rings. The van der Waals surface area contributed by atoms with Gasteiger partial charge in [-0.25, -0.2) is 0 Å². The highest BCUT2D eigenvalue weighted by atomic mass is 16.5. The van der Waals surface area contributed by atoms with E-state index in [4.69, 9.17) is 4.74 Å². The zero-order valence-electron chi connectivity index (χ0n) is 7.26. The zero-order chi connectivity index (χ0) is 7.56. The van der Waals surface area contributed by atoms with Crippen LogP contribution in [0, 0.1) is 11.8 Å². The average molecular weight is 142 g/mol. The maximum absolute atomic E-state index is 5.55. The maximum atomic E-state index is 5.55. The van der Waals surface area contributed by atoms with Crippen molar-refractivity contribution in [2.45, 2.75) is 39.7 Å². The van der Waals surface area contributed by atoms with E-state index in [0.29, 0.717) is 6.10 Å². The van der Waals surface area contributed by atoms with E-state index in [1.54, 1.807) is 0 Å². The molecule has 1 saturated heterocycles. The lowest BCUT2D eigenvalue weighted by atomic mass is 9.89. The van der Waals surface area contributed by atoms with Crippen LogP contribution in [0.3, 0.4) is 0 Å². The molecular formula is C9H18O. The first-order chi connectivity index (χ1) is 4.70. The third kappa shape index (κ3) is 1.98. The van der Waals surface area contributed by atoms with Crippen LogP contribution in [0.5, 0.6) is 0 Å². The van der Waals surface area contributed by atoms with Crippen molar-refractivity contribution in [1.82, 2.24) is 0 Å². The minimum atomic E-state index is 0.509. The molecule has 2 atom stereocenters. The largest absolute Gasteiger partial charge is 0.378 e. The van der Waals surface area contributed by atoms with Gasteiger partial charge in [0, 0.05) is 6.61 Å². The number of hydrogen-bond acceptors (Lipinski definition) is 1. The van der Waals surface area contributed by atoms with Crippen molar-refractivity contribution in [2.75, 3.05) is 6.61 Å². The molecule has 60 valence electrons. The summed E-state index contributed by atoms with van der Waals surface area (Å²) in [5, 5.41) is 0. The second kappa shape index (κ2) is 3.38. The zero-order valence-corrected chi connectivity index (χ0v) is 7.26. The van der Waals surface area contributed by atoms with Crippen LogP contribution in [-0.2, 0) is 4.74 Å². The van der Waals surface area contributed by atoms with Crippen molar-refractivity contribution in [3.8, 4) is 0 Å². The van der Waals surface area contributed by atoms with E-state index in [-0.39, 0.29) is 0 Å². The number of rotatable bonds is 1. The van der Waals surface area contributed by atoms with Gasteiger partial charge in [-0.1, -0.05) is 13.8 Å². The molecule has 0 spiro atoms. The Hall–Kier alpha value is -0.0400. The van der Waals surface area contributed by atoms with Crippen molar-refractivity contribution in [2.24, 2.45) is 11.8 Å². The Kier molecular flexibility index (Phi) is 2.72. The fourth-order valence-corrected chi connectivity index (χ4v) is 1.43. The van der Waals surface area contributed by atoms with Crippen LogP contribution in [0.15, 0.2) is 0 Å². The summed E-state index contributed by atoms with van der Waals surface area (Å²) in [6, 6.07) is 0. The van der Waals surface area contributed by atoms with Crippen LogP contribution in [0.4, 0.5) is 0 Å². The highest BCUT2D eigenvalue weighted by Crippen LogP contribution is 2.24. The smallest absolute Gasteiger partial charge is 0.0547 e. The third-order valence-electron chi connectivity index (χ3n) is 2.48. The van der Waals surface area contributed by atoms with Gasteiger partial charge in [-0.15, -0.1) is 0 Å². The molecule has 0 amide bonds. The van der Waals surface area contributed by atoms with Crippen molar-refractivity contribution in [1.29, 1.82) is 0 Å². The lowest BCUT2D eigenvalue weighted by Crippen LogP contribution is -2.26. The van der Waals surface area contributed by atoms with Gasteiger partial charge in [-0.3, -0.25) is 0 Å². The monoisotopic (exact) mass is 142 g/mol. The Labute approximate surface area is 63.8 Å². The first-order valence-corrected chi connectivity index (χ1v) is 4.31. The summed E-state index contributed by atoms with van der Waals surface area (Å²) < 4.78 is 5.55. The van der Waals surface area contributed by atoms with Crippen molar-refractivity contribution < 1.29 is 4.74 Å². The third-order valence-corrected chi connectivity index (χ3v) is 2.48. The summed E-state index contributed by atoms with van der Waals surface area (Å²) in [7, 11) is 0. The van der Waals surface area contributed by atoms with Gasteiger partial charge in [-0.05, 0) is 31.6 Å². The first-order valence-electron chi connectivity index (χ1n) is 4.31. The Balaban J connectivity index is 2.26. The van der Waals surface area contributed by atoms with Crippen molar-refractivity contribution >= 4 is 0 Å². The van der Waals surface area contributed by atoms with Gasteiger partial charge in [0.15, 0.2) is 0 Å². The van der Waals surface area contributed by atoms with Gasteiger partial charge >= 0.3 is 0 Å². The fraction of sp³-hybridized carbons (Fsp3) is 1.00. The standard InChI is InChI=1S/C9H18O/c1-7(2)9-5-4-8(3)10-6-9/h7-9H,4-6H2,1-3H3/t8-,9?/m1/s1. The summed E-state index contributed by atoms with van der Waals surface area (Å²) in [5.74, 6) is 1.61. The Morgan fingerprint density at radius 3 is 2.40 bits per heavy atom. The van der Waals surface area contributed by atoms with E-state index in [0.717, 1.165) is 18.4 Å². The SMILES string of the molecule is CC(C)C1CC[C@@H](C)OC1. The minimum absolute atomic E-state index is 0.509. The van der Waals surface area contributed by atoms with Gasteiger partial charge in [0.05, 0.1) is 6.10 Å². The second-order valence-corrected chi connectivity index (χ2v) is 3.73. The van der Waals surface area contributed by atoms with Crippen LogP contribution in [0.25, 0.3) is 0 Å². The molecule has 0 aromatic heterocycles. The molecule has 1 heteroatoms. The van der Waals surface area contributed by atoms with E-state index >= 15 is 0 Å². The highest BCUT2D eigenvalue weighted by Gasteiger charge is 2.20. The predicted octanol–water partition coefficient (Wildman–Crippen LogP) is 2.46. The molecule has 10 heavy (non-hydrogen) atoms. The van der Waals surface area contributed by atoms with E-state index in [1.807, 2.05) is 0 Å². The summed E-state index contributed by atoms with van der Waals surface area (Å²) in [5.41, 5.74) is 0. The van der Waals surface area contributed by atoms with Gasteiger partial charge in [-0.2, -0.15) is 0 Å². The Morgan fingerprint density at radius 2 is 2.00 bits per heavy atom. The van der Waals surface area contributed by atoms with E-state index in [1.165, 1.54) is 12.8 Å². The molecule has 1 heterocycles. The van der Waals surface area contributed by atoms with Crippen molar-refractivity contribution in [3.05, 3.63) is 0 Å². The Morgan fingerprint density at radius 1 is 1.30 bits per heavy atom. The van der Waals surface area contributed by atoms with Gasteiger partial charge in [0.25, 0.3) is 0 Å². The van der Waals surface area contributed by atoms with Gasteiger partial charge in [0.1, 0.15) is 0 Å². The summed E-state index contributed by atoms with van der Waals surface area (Å²) >= 11 is 0. The predicted molar refractivity (Wildman–Crippen MR) is 43.0 cm³/mol. The molecule has 1 rings (SSSR count). The molecule has 0 saturated carbocycles. The van der Waals surface area contributed by atoms with Crippen LogP contribution in [0.2, 0.25) is 0 Å². The van der Waals surface area contributed by atoms with Gasteiger partial charge in [0.2, 0.25) is 0 Å². The molecule has 0 N–H and O–H groups in total. The van der Waals surface area contributed by atoms with Crippen LogP contribution in [-0.4, -0.2) is 12.7 Å². The Bertz CT molecular complexity index is 90.9. The lowest BCUT2D eigenvalue weighted by Gasteiger charge is -2.29. The number of ether oxygens (including phenoxy) is 1. The summed E-state index contributed by atoms with van der Waals surface area (Å²) in [4.78, 5) is 0. The van der Waals surface area contributed by atoms with E-state index in [2.05, 4.69) is 20.8 Å². The van der Waals surface area contributed by atoms with E-state index in [9.17, 15) is 0 Å². The first kappa shape index (κ1) is 8.06. The molecule has 1 fully saturated rings. The molecule has 1 nitrogen and oxygen atoms in total. The molecule has 1 unspecified atom stereocenters. The molecular weight excluding hydrogens is 124 g/mol. The minimum Gasteiger partial charge on any atom is -0.378 e. The van der Waals surface area contributed by atoms with Gasteiger partial charge < -0.3 is 4.74 Å². The lowest BCUT2D eigenvalue weighted by molar-refractivity contribution is -0.0176. The normalized spacial score (nSPS) is 34.8. The van der Waals surface area contributed by atoms with Crippen molar-refractivity contribution in [3.63, 3.8) is 0 Å². The van der Waals surface area contributed by atoms with E-state index < -0.39 is 0 Å². The second-order valence-electron chi connectivity index (χ2n) is 3.73. The average Bonchev–Trinajstić information content (AvgIpc) is 1.88. The quantitative estimate of drug-likeness (QED) is 0.546. The topological polar surface area (TPSA) is 9.23 Å². The maximum Gasteiger partial charge on any atom is 0.0547 e. The van der Waals surface area contributed by atoms with Crippen LogP contribution < -0.4 is 0 Å². The van der Waals surface area contributed by atoms with Crippen LogP contribution >= 0.6 is 0 Å². The molecule has 0 aromatic carbocycles. The molecule has 0 bridgehead atoms. The fourth-order valence-electron chi connectivity index (χ4n) is 1.43. The molecule has 1 aliphatic rings. The van der Waals surface area contributed by atoms with Crippen LogP contribution in [0.1, 0.15) is 33.6 Å². The summed E-state index contributed by atoms with van der Waals surface area (Å²) in [6.45, 7) is 7.71. The molecule has 1 aliphatic heterocycles. The highest BCUT2D eigenvalue weighted by molar-refractivity contribution is 4.69. The summed E-state index contributed by atoms with van der Waals surface area (Å²) in [6.07, 6.45) is 3.12.